The van der Waals surface area contributed by atoms with E-state index in [9.17, 15) is 19.2 Å². The molecule has 270 valence electrons. The summed E-state index contributed by atoms with van der Waals surface area (Å²) in [7, 11) is 2.61. The molecule has 0 rings (SSSR count). The lowest BCUT2D eigenvalue weighted by Crippen LogP contribution is -2.49. The zero-order valence-corrected chi connectivity index (χ0v) is 31.5. The average molecular weight is 689 g/mol. The van der Waals surface area contributed by atoms with Gasteiger partial charge in [-0.15, -0.1) is 0 Å². The smallest absolute Gasteiger partial charge is 0.330 e. The molecule has 0 aliphatic rings. The Balaban J connectivity index is 4.23. The fourth-order valence-corrected chi connectivity index (χ4v) is 7.59. The number of nitrogens with zero attached hydrogens (tertiary/aromatic N) is 1. The van der Waals surface area contributed by atoms with Crippen LogP contribution in [0.4, 0.5) is 0 Å². The maximum absolute atomic E-state index is 12.9. The zero-order chi connectivity index (χ0) is 34.3. The zero-order valence-electron chi connectivity index (χ0n) is 29.8. The number of ether oxygens (including phenoxy) is 2. The highest BCUT2D eigenvalue weighted by molar-refractivity contribution is 8.76. The third-order valence-electron chi connectivity index (χ3n) is 8.11. The van der Waals surface area contributed by atoms with Crippen LogP contribution in [0.3, 0.4) is 0 Å². The first kappa shape index (κ1) is 44.7. The molecule has 0 fully saturated rings. The standard InChI is InChI=1S/C36H68N2O6S2/c1-5-7-9-11-13-15-17-19-21-23-25-27-43-35(41)33(37)29-45-46-30-34(38(31(3)39)32(4)40)36(42)44-28-26-24-22-20-18-16-14-12-10-8-6-2/h33-34H,5-30,37H2,1-4H3. The van der Waals surface area contributed by atoms with Gasteiger partial charge in [0, 0.05) is 25.4 Å². The Morgan fingerprint density at radius 1 is 0.522 bits per heavy atom. The minimum absolute atomic E-state index is 0.154. The third-order valence-corrected chi connectivity index (χ3v) is 10.5. The maximum Gasteiger partial charge on any atom is 0.330 e. The van der Waals surface area contributed by atoms with Gasteiger partial charge in [-0.2, -0.15) is 0 Å². The summed E-state index contributed by atoms with van der Waals surface area (Å²) in [4.78, 5) is 50.6. The maximum atomic E-state index is 12.9. The van der Waals surface area contributed by atoms with E-state index in [0.29, 0.717) is 12.4 Å². The summed E-state index contributed by atoms with van der Waals surface area (Å²) in [6.45, 7) is 7.65. The summed E-state index contributed by atoms with van der Waals surface area (Å²) in [6.07, 6.45) is 26.7. The van der Waals surface area contributed by atoms with Crippen molar-refractivity contribution < 1.29 is 28.7 Å². The van der Waals surface area contributed by atoms with Gasteiger partial charge in [0.2, 0.25) is 11.8 Å². The number of amides is 2. The molecular weight excluding hydrogens is 621 g/mol. The number of rotatable bonds is 32. The van der Waals surface area contributed by atoms with E-state index in [-0.39, 0.29) is 12.4 Å². The monoisotopic (exact) mass is 688 g/mol. The lowest BCUT2D eigenvalue weighted by atomic mass is 10.1. The molecule has 0 bridgehead atoms. The van der Waals surface area contributed by atoms with E-state index >= 15 is 0 Å². The van der Waals surface area contributed by atoms with Crippen LogP contribution in [-0.2, 0) is 28.7 Å². The highest BCUT2D eigenvalue weighted by Crippen LogP contribution is 2.25. The van der Waals surface area contributed by atoms with Crippen molar-refractivity contribution >= 4 is 45.3 Å². The molecule has 2 atom stereocenters. The molecule has 0 aromatic rings. The first-order valence-electron chi connectivity index (χ1n) is 18.4. The lowest BCUT2D eigenvalue weighted by Gasteiger charge is -2.26. The van der Waals surface area contributed by atoms with Gasteiger partial charge in [0.1, 0.15) is 12.1 Å². The second kappa shape index (κ2) is 32.3. The van der Waals surface area contributed by atoms with Crippen molar-refractivity contribution in [1.82, 2.24) is 4.90 Å². The van der Waals surface area contributed by atoms with Crippen LogP contribution in [0.15, 0.2) is 0 Å². The number of nitrogens with two attached hydrogens (primary N) is 1. The van der Waals surface area contributed by atoms with Gasteiger partial charge >= 0.3 is 11.9 Å². The van der Waals surface area contributed by atoms with Gasteiger partial charge in [-0.05, 0) is 12.8 Å². The lowest BCUT2D eigenvalue weighted by molar-refractivity contribution is -0.159. The molecule has 0 saturated heterocycles. The van der Waals surface area contributed by atoms with Crippen LogP contribution < -0.4 is 5.73 Å². The SMILES string of the molecule is CCCCCCCCCCCCCOC(=O)C(N)CSSCC(C(=O)OCCCCCCCCCCCCC)N(C(C)=O)C(C)=O. The number of carbonyl (C=O) groups is 4. The van der Waals surface area contributed by atoms with Gasteiger partial charge < -0.3 is 15.2 Å². The van der Waals surface area contributed by atoms with E-state index in [1.54, 1.807) is 0 Å². The van der Waals surface area contributed by atoms with Gasteiger partial charge in [-0.1, -0.05) is 164 Å². The van der Waals surface area contributed by atoms with Crippen LogP contribution in [0.2, 0.25) is 0 Å². The summed E-state index contributed by atoms with van der Waals surface area (Å²) in [5.74, 6) is -1.57. The molecule has 0 aromatic carbocycles. The Morgan fingerprint density at radius 3 is 1.22 bits per heavy atom. The Labute approximate surface area is 289 Å². The molecule has 46 heavy (non-hydrogen) atoms. The minimum atomic E-state index is -1.02. The van der Waals surface area contributed by atoms with Crippen LogP contribution in [0.5, 0.6) is 0 Å². The molecular formula is C36H68N2O6S2. The van der Waals surface area contributed by atoms with E-state index in [2.05, 4.69) is 13.8 Å². The number of unbranched alkanes of at least 4 members (excludes halogenated alkanes) is 20. The van der Waals surface area contributed by atoms with Crippen molar-refractivity contribution in [2.24, 2.45) is 5.73 Å². The number of hydrogen-bond acceptors (Lipinski definition) is 9. The topological polar surface area (TPSA) is 116 Å². The second-order valence-electron chi connectivity index (χ2n) is 12.5. The van der Waals surface area contributed by atoms with Crippen LogP contribution in [0, 0.1) is 0 Å². The molecule has 0 radical (unpaired) electrons. The van der Waals surface area contributed by atoms with Crippen LogP contribution in [-0.4, -0.2) is 65.5 Å². The van der Waals surface area contributed by atoms with Gasteiger partial charge in [-0.3, -0.25) is 19.3 Å². The normalized spacial score (nSPS) is 12.5. The van der Waals surface area contributed by atoms with Crippen molar-refractivity contribution in [1.29, 1.82) is 0 Å². The molecule has 2 amide bonds. The summed E-state index contributed by atoms with van der Waals surface area (Å²) in [5, 5.41) is 0. The van der Waals surface area contributed by atoms with Crippen molar-refractivity contribution in [2.75, 3.05) is 24.7 Å². The first-order valence-corrected chi connectivity index (χ1v) is 20.9. The van der Waals surface area contributed by atoms with E-state index in [0.717, 1.165) is 43.4 Å². The van der Waals surface area contributed by atoms with Gasteiger partial charge in [0.15, 0.2) is 0 Å². The van der Waals surface area contributed by atoms with Gasteiger partial charge in [-0.25, -0.2) is 4.79 Å². The predicted molar refractivity (Wildman–Crippen MR) is 195 cm³/mol. The highest BCUT2D eigenvalue weighted by Gasteiger charge is 2.32. The van der Waals surface area contributed by atoms with E-state index in [1.807, 2.05) is 0 Å². The molecule has 8 nitrogen and oxygen atoms in total. The summed E-state index contributed by atoms with van der Waals surface area (Å²) in [6, 6.07) is -1.81. The Kier molecular flexibility index (Phi) is 31.4. The average Bonchev–Trinajstić information content (AvgIpc) is 3.02. The van der Waals surface area contributed by atoms with Crippen LogP contribution in [0.1, 0.15) is 169 Å². The number of esters is 2. The molecule has 0 aliphatic carbocycles. The third kappa shape index (κ3) is 25.8. The van der Waals surface area contributed by atoms with E-state index in [1.165, 1.54) is 138 Å². The quantitative estimate of drug-likeness (QED) is 0.0419. The number of imide groups is 1. The van der Waals surface area contributed by atoms with E-state index < -0.39 is 35.8 Å². The summed E-state index contributed by atoms with van der Waals surface area (Å²) >= 11 is 0. The molecule has 2 N–H and O–H groups in total. The Hall–Kier alpha value is -1.26. The number of hydrogen-bond donors (Lipinski definition) is 1. The molecule has 0 aliphatic heterocycles. The predicted octanol–water partition coefficient (Wildman–Crippen LogP) is 9.17. The van der Waals surface area contributed by atoms with Crippen molar-refractivity contribution in [3.8, 4) is 0 Å². The first-order chi connectivity index (χ1) is 22.3. The van der Waals surface area contributed by atoms with Gasteiger partial charge in [0.05, 0.1) is 13.2 Å². The largest absolute Gasteiger partial charge is 0.465 e. The van der Waals surface area contributed by atoms with Crippen molar-refractivity contribution in [3.63, 3.8) is 0 Å². The van der Waals surface area contributed by atoms with Crippen molar-refractivity contribution in [3.05, 3.63) is 0 Å². The molecule has 0 spiro atoms. The highest BCUT2D eigenvalue weighted by atomic mass is 33.1. The Morgan fingerprint density at radius 2 is 0.848 bits per heavy atom. The molecule has 2 unspecified atom stereocenters. The Bertz CT molecular complexity index is 772. The second-order valence-corrected chi connectivity index (χ2v) is 15.1. The number of carbonyl (C=O) groups excluding carboxylic acids is 4. The fraction of sp³-hybridized carbons (Fsp3) is 0.889. The molecule has 0 saturated carbocycles. The fourth-order valence-electron chi connectivity index (χ4n) is 5.29. The molecule has 0 heterocycles. The minimum Gasteiger partial charge on any atom is -0.465 e. The molecule has 0 aromatic heterocycles. The summed E-state index contributed by atoms with van der Waals surface area (Å²) < 4.78 is 10.8. The van der Waals surface area contributed by atoms with Crippen molar-refractivity contribution in [2.45, 2.75) is 181 Å². The van der Waals surface area contributed by atoms with Gasteiger partial charge in [0.25, 0.3) is 0 Å². The van der Waals surface area contributed by atoms with Crippen LogP contribution >= 0.6 is 21.6 Å². The van der Waals surface area contributed by atoms with E-state index in [4.69, 9.17) is 15.2 Å². The molecule has 10 heteroatoms. The summed E-state index contributed by atoms with van der Waals surface area (Å²) in [5.41, 5.74) is 6.03. The van der Waals surface area contributed by atoms with Crippen LogP contribution in [0.25, 0.3) is 0 Å².